The van der Waals surface area contributed by atoms with Crippen LogP contribution < -0.4 is 5.32 Å². The first kappa shape index (κ1) is 20.3. The molecule has 2 unspecified atom stereocenters. The molecule has 1 saturated carbocycles. The molecule has 28 heavy (non-hydrogen) atoms. The Hall–Kier alpha value is -2.48. The van der Waals surface area contributed by atoms with Gasteiger partial charge in [-0.1, -0.05) is 0 Å². The Balaban J connectivity index is 1.68. The van der Waals surface area contributed by atoms with E-state index >= 15 is 0 Å². The zero-order valence-electron chi connectivity index (χ0n) is 14.8. The Morgan fingerprint density at radius 2 is 1.79 bits per heavy atom. The first-order chi connectivity index (χ1) is 13.3. The van der Waals surface area contributed by atoms with Crippen LogP contribution in [0.15, 0.2) is 41.3 Å². The first-order valence-electron chi connectivity index (χ1n) is 8.76. The van der Waals surface area contributed by atoms with Crippen molar-refractivity contribution < 1.29 is 27.9 Å². The summed E-state index contributed by atoms with van der Waals surface area (Å²) in [5, 5.41) is 11.4. The van der Waals surface area contributed by atoms with Crippen LogP contribution in [-0.2, 0) is 4.79 Å². The van der Waals surface area contributed by atoms with E-state index in [2.05, 4.69) is 5.32 Å². The van der Waals surface area contributed by atoms with Gasteiger partial charge in [-0.2, -0.15) is 0 Å². The summed E-state index contributed by atoms with van der Waals surface area (Å²) in [5.74, 6) is -3.88. The van der Waals surface area contributed by atoms with Crippen LogP contribution in [0.3, 0.4) is 0 Å². The van der Waals surface area contributed by atoms with Crippen molar-refractivity contribution in [2.24, 2.45) is 5.92 Å². The van der Waals surface area contributed by atoms with Crippen LogP contribution in [0.2, 0.25) is 0 Å². The molecule has 0 saturated heterocycles. The topological polar surface area (TPSA) is 66.4 Å². The number of nitrogens with one attached hydrogen (secondary N) is 1. The summed E-state index contributed by atoms with van der Waals surface area (Å²) in [6, 6.07) is 6.93. The van der Waals surface area contributed by atoms with E-state index in [9.17, 15) is 22.8 Å². The molecular weight excluding hydrogens is 391 g/mol. The van der Waals surface area contributed by atoms with Gasteiger partial charge in [-0.05, 0) is 55.5 Å². The highest BCUT2D eigenvalue weighted by atomic mass is 32.2. The van der Waals surface area contributed by atoms with Crippen LogP contribution in [0.5, 0.6) is 0 Å². The average molecular weight is 409 g/mol. The van der Waals surface area contributed by atoms with Gasteiger partial charge in [-0.25, -0.2) is 13.2 Å². The van der Waals surface area contributed by atoms with E-state index in [-0.39, 0.29) is 28.8 Å². The molecule has 0 heterocycles. The van der Waals surface area contributed by atoms with Crippen molar-refractivity contribution in [3.63, 3.8) is 0 Å². The monoisotopic (exact) mass is 409 g/mol. The summed E-state index contributed by atoms with van der Waals surface area (Å²) in [4.78, 5) is 23.5. The van der Waals surface area contributed by atoms with Gasteiger partial charge in [-0.3, -0.25) is 9.59 Å². The van der Waals surface area contributed by atoms with E-state index in [1.165, 1.54) is 36.0 Å². The molecule has 1 aliphatic rings. The molecule has 2 aromatic rings. The molecule has 0 radical (unpaired) electrons. The van der Waals surface area contributed by atoms with Crippen molar-refractivity contribution in [2.75, 3.05) is 5.32 Å². The number of thioether (sulfide) groups is 1. The van der Waals surface area contributed by atoms with Gasteiger partial charge in [0.05, 0.1) is 0 Å². The Kier molecular flexibility index (Phi) is 6.28. The number of rotatable bonds is 6. The molecule has 148 valence electrons. The number of carboxylic acid groups (broad SMARTS) is 1. The normalized spacial score (nSPS) is 18.8. The highest BCUT2D eigenvalue weighted by molar-refractivity contribution is 8.00. The van der Waals surface area contributed by atoms with Crippen molar-refractivity contribution in [3.05, 3.63) is 59.4 Å². The maximum absolute atomic E-state index is 14.2. The van der Waals surface area contributed by atoms with E-state index in [0.29, 0.717) is 11.3 Å². The lowest BCUT2D eigenvalue weighted by molar-refractivity contribution is -0.138. The van der Waals surface area contributed by atoms with Crippen molar-refractivity contribution in [2.45, 2.75) is 35.8 Å². The Morgan fingerprint density at radius 3 is 2.50 bits per heavy atom. The Labute approximate surface area is 164 Å². The number of benzene rings is 2. The fourth-order valence-corrected chi connectivity index (χ4v) is 4.62. The highest BCUT2D eigenvalue weighted by Crippen LogP contribution is 2.40. The van der Waals surface area contributed by atoms with E-state index < -0.39 is 29.3 Å². The molecule has 2 N–H and O–H groups in total. The number of halogens is 3. The van der Waals surface area contributed by atoms with Crippen molar-refractivity contribution in [1.29, 1.82) is 0 Å². The number of carbonyl (C=O) groups is 2. The minimum absolute atomic E-state index is 0.0814. The van der Waals surface area contributed by atoms with Crippen LogP contribution in [0.25, 0.3) is 0 Å². The van der Waals surface area contributed by atoms with E-state index in [0.717, 1.165) is 25.0 Å². The van der Waals surface area contributed by atoms with E-state index in [1.807, 2.05) is 0 Å². The van der Waals surface area contributed by atoms with Gasteiger partial charge < -0.3 is 10.4 Å². The third kappa shape index (κ3) is 5.07. The largest absolute Gasteiger partial charge is 0.481 e. The Bertz CT molecular complexity index is 906. The summed E-state index contributed by atoms with van der Waals surface area (Å²) < 4.78 is 40.4. The zero-order valence-corrected chi connectivity index (χ0v) is 15.6. The predicted molar refractivity (Wildman–Crippen MR) is 100.0 cm³/mol. The van der Waals surface area contributed by atoms with Gasteiger partial charge in [0.25, 0.3) is 5.91 Å². The maximum Gasteiger partial charge on any atom is 0.303 e. The molecule has 1 amide bonds. The van der Waals surface area contributed by atoms with Crippen LogP contribution in [-0.4, -0.2) is 22.2 Å². The second-order valence-corrected chi connectivity index (χ2v) is 8.09. The predicted octanol–water partition coefficient (Wildman–Crippen LogP) is 5.09. The maximum atomic E-state index is 14.2. The minimum atomic E-state index is -1.08. The van der Waals surface area contributed by atoms with Gasteiger partial charge in [0.15, 0.2) is 11.6 Å². The van der Waals surface area contributed by atoms with Crippen molar-refractivity contribution in [1.82, 2.24) is 0 Å². The standard InChI is InChI=1S/C20H18F3NO3S/c21-15-6-3-13(10-17(15)23)24-20(27)12-2-5-16(22)18(9-12)28-14-4-1-11(7-14)8-19(25)26/h2-3,5-6,9-11,14H,1,4,7-8H2,(H,24,27)(H,25,26). The van der Waals surface area contributed by atoms with Gasteiger partial charge >= 0.3 is 5.97 Å². The summed E-state index contributed by atoms with van der Waals surface area (Å²) in [5.41, 5.74) is 0.281. The molecule has 1 fully saturated rings. The van der Waals surface area contributed by atoms with Crippen molar-refractivity contribution in [3.8, 4) is 0 Å². The fraction of sp³-hybridized carbons (Fsp3) is 0.300. The first-order valence-corrected chi connectivity index (χ1v) is 9.64. The minimum Gasteiger partial charge on any atom is -0.481 e. The van der Waals surface area contributed by atoms with Gasteiger partial charge in [-0.15, -0.1) is 11.8 Å². The lowest BCUT2D eigenvalue weighted by Gasteiger charge is -2.12. The second-order valence-electron chi connectivity index (χ2n) is 6.75. The highest BCUT2D eigenvalue weighted by Gasteiger charge is 2.28. The lowest BCUT2D eigenvalue weighted by atomic mass is 10.1. The molecule has 0 aliphatic heterocycles. The molecule has 0 spiro atoms. The number of hydrogen-bond acceptors (Lipinski definition) is 3. The molecule has 3 rings (SSSR count). The number of anilines is 1. The smallest absolute Gasteiger partial charge is 0.303 e. The fourth-order valence-electron chi connectivity index (χ4n) is 3.26. The molecule has 8 heteroatoms. The Morgan fingerprint density at radius 1 is 1.04 bits per heavy atom. The molecule has 2 aromatic carbocycles. The number of hydrogen-bond donors (Lipinski definition) is 2. The van der Waals surface area contributed by atoms with Crippen molar-refractivity contribution >= 4 is 29.3 Å². The number of carbonyl (C=O) groups excluding carboxylic acids is 1. The molecule has 2 atom stereocenters. The molecule has 0 aromatic heterocycles. The van der Waals surface area contributed by atoms with Gasteiger partial charge in [0.2, 0.25) is 0 Å². The number of aliphatic carboxylic acids is 1. The molecule has 4 nitrogen and oxygen atoms in total. The summed E-state index contributed by atoms with van der Waals surface area (Å²) >= 11 is 1.29. The third-order valence-electron chi connectivity index (χ3n) is 4.62. The van der Waals surface area contributed by atoms with Crippen LogP contribution in [0, 0.1) is 23.4 Å². The lowest BCUT2D eigenvalue weighted by Crippen LogP contribution is -2.12. The second kappa shape index (κ2) is 8.68. The SMILES string of the molecule is O=C(O)CC1CCC(Sc2cc(C(=O)Nc3ccc(F)c(F)c3)ccc2F)C1. The summed E-state index contributed by atoms with van der Waals surface area (Å²) in [6.45, 7) is 0. The molecule has 0 bridgehead atoms. The van der Waals surface area contributed by atoms with Gasteiger partial charge in [0.1, 0.15) is 5.82 Å². The number of amides is 1. The summed E-state index contributed by atoms with van der Waals surface area (Å²) in [6.07, 6.45) is 2.35. The van der Waals surface area contributed by atoms with E-state index in [1.54, 1.807) is 0 Å². The average Bonchev–Trinajstić information content (AvgIpc) is 3.06. The third-order valence-corrected chi connectivity index (χ3v) is 5.95. The zero-order chi connectivity index (χ0) is 20.3. The van der Waals surface area contributed by atoms with Crippen LogP contribution in [0.4, 0.5) is 18.9 Å². The molecular formula is C20H18F3NO3S. The number of carboxylic acids is 1. The van der Waals surface area contributed by atoms with Crippen LogP contribution >= 0.6 is 11.8 Å². The summed E-state index contributed by atoms with van der Waals surface area (Å²) in [7, 11) is 0. The molecule has 1 aliphatic carbocycles. The van der Waals surface area contributed by atoms with Gasteiger partial charge in [0, 0.05) is 33.9 Å². The van der Waals surface area contributed by atoms with Crippen LogP contribution in [0.1, 0.15) is 36.0 Å². The van der Waals surface area contributed by atoms with E-state index in [4.69, 9.17) is 5.11 Å². The quantitative estimate of drug-likeness (QED) is 0.697.